The van der Waals surface area contributed by atoms with Gasteiger partial charge in [-0.15, -0.1) is 10.2 Å². The molecule has 2 N–H and O–H groups in total. The normalized spacial score (nSPS) is 11.6. The highest BCUT2D eigenvalue weighted by Crippen LogP contribution is 2.11. The van der Waals surface area contributed by atoms with Crippen LogP contribution in [0.2, 0.25) is 0 Å². The van der Waals surface area contributed by atoms with Crippen molar-refractivity contribution in [2.24, 2.45) is 0 Å². The number of fused-ring (bicyclic) bond motifs is 1. The van der Waals surface area contributed by atoms with Crippen LogP contribution in [0, 0.1) is 0 Å². The molecule has 0 saturated heterocycles. The second-order valence-electron chi connectivity index (χ2n) is 5.25. The van der Waals surface area contributed by atoms with Gasteiger partial charge in [0.2, 0.25) is 10.0 Å². The van der Waals surface area contributed by atoms with Crippen LogP contribution in [0.15, 0.2) is 53.6 Å². The van der Waals surface area contributed by atoms with Crippen LogP contribution >= 0.6 is 0 Å². The zero-order chi connectivity index (χ0) is 17.9. The molecule has 3 rings (SSSR count). The lowest BCUT2D eigenvalue weighted by atomic mass is 10.2. The van der Waals surface area contributed by atoms with Crippen LogP contribution in [-0.4, -0.2) is 35.5 Å². The molecular weight excluding hydrogens is 342 g/mol. The Kier molecular flexibility index (Phi) is 4.77. The predicted octanol–water partition coefficient (Wildman–Crippen LogP) is 0.957. The molecule has 1 aromatic carbocycles. The number of benzene rings is 1. The Bertz CT molecular complexity index is 996. The number of hydrogen-bond donors (Lipinski definition) is 2. The Hall–Kier alpha value is -2.78. The topological polar surface area (TPSA) is 105 Å². The van der Waals surface area contributed by atoms with E-state index in [0.717, 1.165) is 0 Å². The zero-order valence-corrected chi connectivity index (χ0v) is 14.3. The molecular formula is C16H17N5O3S. The Morgan fingerprint density at radius 3 is 2.60 bits per heavy atom. The van der Waals surface area contributed by atoms with E-state index in [9.17, 15) is 13.2 Å². The van der Waals surface area contributed by atoms with E-state index >= 15 is 0 Å². The van der Waals surface area contributed by atoms with E-state index in [1.165, 1.54) is 24.3 Å². The molecule has 0 radical (unpaired) electrons. The van der Waals surface area contributed by atoms with Crippen molar-refractivity contribution in [3.63, 3.8) is 0 Å². The Labute approximate surface area is 144 Å². The van der Waals surface area contributed by atoms with Gasteiger partial charge in [-0.05, 0) is 36.4 Å². The Balaban J connectivity index is 1.69. The van der Waals surface area contributed by atoms with E-state index in [1.807, 2.05) is 24.4 Å². The van der Waals surface area contributed by atoms with Crippen molar-refractivity contribution in [3.8, 4) is 0 Å². The van der Waals surface area contributed by atoms with Gasteiger partial charge in [0.05, 0.1) is 11.4 Å². The van der Waals surface area contributed by atoms with Crippen LogP contribution in [-0.2, 0) is 16.6 Å². The van der Waals surface area contributed by atoms with Crippen molar-refractivity contribution in [1.29, 1.82) is 0 Å². The summed E-state index contributed by atoms with van der Waals surface area (Å²) in [6.45, 7) is 2.21. The molecule has 0 spiro atoms. The van der Waals surface area contributed by atoms with Gasteiger partial charge in [0, 0.05) is 18.3 Å². The van der Waals surface area contributed by atoms with Crippen molar-refractivity contribution in [2.45, 2.75) is 18.4 Å². The first kappa shape index (κ1) is 17.1. The molecule has 0 saturated carbocycles. The highest BCUT2D eigenvalue weighted by atomic mass is 32.2. The van der Waals surface area contributed by atoms with Crippen LogP contribution in [0.1, 0.15) is 23.1 Å². The second-order valence-corrected chi connectivity index (χ2v) is 7.02. The molecule has 1 amide bonds. The van der Waals surface area contributed by atoms with E-state index in [0.29, 0.717) is 23.6 Å². The van der Waals surface area contributed by atoms with Crippen LogP contribution in [0.4, 0.5) is 0 Å². The summed E-state index contributed by atoms with van der Waals surface area (Å²) in [4.78, 5) is 12.3. The molecule has 0 aliphatic rings. The van der Waals surface area contributed by atoms with Gasteiger partial charge in [0.25, 0.3) is 5.91 Å². The summed E-state index contributed by atoms with van der Waals surface area (Å²) in [5, 5.41) is 10.8. The lowest BCUT2D eigenvalue weighted by Crippen LogP contribution is -2.25. The number of amides is 1. The van der Waals surface area contributed by atoms with Gasteiger partial charge in [0.1, 0.15) is 0 Å². The average molecular weight is 359 g/mol. The van der Waals surface area contributed by atoms with Gasteiger partial charge in [-0.3, -0.25) is 9.20 Å². The summed E-state index contributed by atoms with van der Waals surface area (Å²) < 4.78 is 28.0. The number of sulfonamides is 1. The van der Waals surface area contributed by atoms with Crippen molar-refractivity contribution in [1.82, 2.24) is 24.6 Å². The van der Waals surface area contributed by atoms with Gasteiger partial charge >= 0.3 is 0 Å². The van der Waals surface area contributed by atoms with E-state index in [1.54, 1.807) is 11.3 Å². The lowest BCUT2D eigenvalue weighted by molar-refractivity contribution is 0.0949. The number of carbonyl (C=O) groups excluding carboxylic acids is 1. The highest BCUT2D eigenvalue weighted by Gasteiger charge is 2.14. The smallest absolute Gasteiger partial charge is 0.251 e. The first-order valence-electron chi connectivity index (χ1n) is 7.68. The number of aromatic nitrogens is 3. The predicted molar refractivity (Wildman–Crippen MR) is 91.5 cm³/mol. The number of nitrogens with one attached hydrogen (secondary N) is 2. The second kappa shape index (κ2) is 6.99. The van der Waals surface area contributed by atoms with Crippen LogP contribution < -0.4 is 10.0 Å². The van der Waals surface area contributed by atoms with Crippen molar-refractivity contribution >= 4 is 21.6 Å². The summed E-state index contributed by atoms with van der Waals surface area (Å²) in [6, 6.07) is 11.3. The van der Waals surface area contributed by atoms with Crippen molar-refractivity contribution in [2.75, 3.05) is 6.54 Å². The summed E-state index contributed by atoms with van der Waals surface area (Å²) in [6.07, 6.45) is 1.82. The van der Waals surface area contributed by atoms with E-state index < -0.39 is 10.0 Å². The molecule has 0 bridgehead atoms. The van der Waals surface area contributed by atoms with Crippen LogP contribution in [0.25, 0.3) is 5.65 Å². The van der Waals surface area contributed by atoms with Gasteiger partial charge in [-0.1, -0.05) is 13.0 Å². The van der Waals surface area contributed by atoms with Gasteiger partial charge in [0.15, 0.2) is 11.5 Å². The van der Waals surface area contributed by atoms with E-state index in [-0.39, 0.29) is 17.3 Å². The molecule has 25 heavy (non-hydrogen) atoms. The van der Waals surface area contributed by atoms with Crippen LogP contribution in [0.5, 0.6) is 0 Å². The molecule has 0 aliphatic heterocycles. The zero-order valence-electron chi connectivity index (χ0n) is 13.5. The molecule has 130 valence electrons. The minimum atomic E-state index is -3.53. The summed E-state index contributed by atoms with van der Waals surface area (Å²) >= 11 is 0. The average Bonchev–Trinajstić information content (AvgIpc) is 3.03. The van der Waals surface area contributed by atoms with Crippen LogP contribution in [0.3, 0.4) is 0 Å². The third-order valence-electron chi connectivity index (χ3n) is 3.55. The third-order valence-corrected chi connectivity index (χ3v) is 5.11. The highest BCUT2D eigenvalue weighted by molar-refractivity contribution is 7.89. The molecule has 0 unspecified atom stereocenters. The molecule has 0 aliphatic carbocycles. The first-order chi connectivity index (χ1) is 12.0. The monoisotopic (exact) mass is 359 g/mol. The number of pyridine rings is 1. The van der Waals surface area contributed by atoms with Gasteiger partial charge in [-0.25, -0.2) is 13.1 Å². The minimum absolute atomic E-state index is 0.120. The third kappa shape index (κ3) is 3.67. The SMILES string of the molecule is CCNS(=O)(=O)c1ccc(C(=O)NCc2nnc3ccccn23)cc1. The molecule has 0 atom stereocenters. The van der Waals surface area contributed by atoms with Gasteiger partial charge < -0.3 is 5.32 Å². The fourth-order valence-electron chi connectivity index (χ4n) is 2.33. The number of carbonyl (C=O) groups is 1. The van der Waals surface area contributed by atoms with Crippen molar-refractivity contribution in [3.05, 3.63) is 60.0 Å². The summed E-state index contributed by atoms with van der Waals surface area (Å²) in [5.74, 6) is 0.287. The lowest BCUT2D eigenvalue weighted by Gasteiger charge is -2.07. The first-order valence-corrected chi connectivity index (χ1v) is 9.16. The number of nitrogens with zero attached hydrogens (tertiary/aromatic N) is 3. The maximum absolute atomic E-state index is 12.2. The molecule has 2 aromatic heterocycles. The summed E-state index contributed by atoms with van der Waals surface area (Å²) in [5.41, 5.74) is 1.06. The number of rotatable bonds is 6. The molecule has 3 aromatic rings. The minimum Gasteiger partial charge on any atom is -0.345 e. The van der Waals surface area contributed by atoms with Crippen molar-refractivity contribution < 1.29 is 13.2 Å². The molecule has 8 nitrogen and oxygen atoms in total. The number of hydrogen-bond acceptors (Lipinski definition) is 5. The quantitative estimate of drug-likeness (QED) is 0.682. The van der Waals surface area contributed by atoms with E-state index in [2.05, 4.69) is 20.2 Å². The largest absolute Gasteiger partial charge is 0.345 e. The van der Waals surface area contributed by atoms with Gasteiger partial charge in [-0.2, -0.15) is 0 Å². The Morgan fingerprint density at radius 2 is 1.88 bits per heavy atom. The standard InChI is InChI=1S/C16H17N5O3S/c1-2-18-25(23,24)13-8-6-12(7-9-13)16(22)17-11-15-20-19-14-5-3-4-10-21(14)15/h3-10,18H,2,11H2,1H3,(H,17,22). The fraction of sp³-hybridized carbons (Fsp3) is 0.188. The molecule has 2 heterocycles. The molecule has 9 heteroatoms. The molecule has 0 fully saturated rings. The maximum atomic E-state index is 12.2. The van der Waals surface area contributed by atoms with E-state index in [4.69, 9.17) is 0 Å². The Morgan fingerprint density at radius 1 is 1.12 bits per heavy atom. The summed E-state index contributed by atoms with van der Waals surface area (Å²) in [7, 11) is -3.53. The maximum Gasteiger partial charge on any atom is 0.251 e. The fourth-order valence-corrected chi connectivity index (χ4v) is 3.37.